The van der Waals surface area contributed by atoms with Crippen molar-refractivity contribution in [1.29, 1.82) is 0 Å². The third-order valence-electron chi connectivity index (χ3n) is 2.75. The molecule has 0 fully saturated rings. The molecule has 0 heterocycles. The topological polar surface area (TPSA) is 232 Å². The maximum Gasteiger partial charge on any atom is 0.337 e. The van der Waals surface area contributed by atoms with Crippen LogP contribution in [0, 0.1) is 29.9 Å². The van der Waals surface area contributed by atoms with E-state index in [4.69, 9.17) is 15.3 Å². The minimum Gasteiger partial charge on any atom is -0.545 e. The zero-order valence-electron chi connectivity index (χ0n) is 11.5. The second-order valence-electron chi connectivity index (χ2n) is 4.03. The number of carboxylic acid groups (broad SMARTS) is 6. The first-order chi connectivity index (χ1) is 10.9. The van der Waals surface area contributed by atoms with Gasteiger partial charge in [0.15, 0.2) is 0 Å². The summed E-state index contributed by atoms with van der Waals surface area (Å²) in [7, 11) is 0. The van der Waals surface area contributed by atoms with Crippen LogP contribution in [0.1, 0.15) is 62.1 Å². The molecule has 0 aromatic heterocycles. The standard InChI is InChI=1S/C12H6O12.Np/c13-7(14)1-2(8(15)16)4(10(19)20)6(12(23)24)5(11(21)22)3(1)9(17)18;/h(H,13,14)(H,15,16)(H,17,18)(H,19,20)(H,21,22)(H,23,24);/p-3. The molecule has 1 rings (SSSR count). The molecule has 12 nitrogen and oxygen atoms in total. The summed E-state index contributed by atoms with van der Waals surface area (Å²) in [6.07, 6.45) is 0. The number of hydrogen-bond donors (Lipinski definition) is 3. The molecule has 0 spiro atoms. The minimum atomic E-state index is -2.59. The van der Waals surface area contributed by atoms with Gasteiger partial charge in [0.25, 0.3) is 0 Å². The van der Waals surface area contributed by atoms with Crippen molar-refractivity contribution in [2.75, 3.05) is 0 Å². The van der Waals surface area contributed by atoms with Gasteiger partial charge in [0.05, 0.1) is 34.6 Å². The van der Waals surface area contributed by atoms with E-state index < -0.39 is 69.2 Å². The molecule has 25 heavy (non-hydrogen) atoms. The van der Waals surface area contributed by atoms with Crippen LogP contribution >= 0.6 is 0 Å². The number of aromatic carboxylic acids is 6. The summed E-state index contributed by atoms with van der Waals surface area (Å²) in [5.41, 5.74) is -11.0. The van der Waals surface area contributed by atoms with Crippen molar-refractivity contribution in [3.8, 4) is 0 Å². The second-order valence-corrected chi connectivity index (χ2v) is 4.03. The third kappa shape index (κ3) is 3.77. The molecular weight excluding hydrogens is 573 g/mol. The number of carbonyl (C=O) groups is 6. The Kier molecular flexibility index (Phi) is 6.84. The summed E-state index contributed by atoms with van der Waals surface area (Å²) in [5, 5.41) is 60.1. The van der Waals surface area contributed by atoms with Crippen LogP contribution in [0.25, 0.3) is 0 Å². The van der Waals surface area contributed by atoms with Gasteiger partial charge in [-0.15, -0.1) is 0 Å². The third-order valence-corrected chi connectivity index (χ3v) is 2.75. The van der Waals surface area contributed by atoms with E-state index in [2.05, 4.69) is 0 Å². The molecule has 0 amide bonds. The maximum atomic E-state index is 11.2. The molecular formula is C12H3NpO12-3. The van der Waals surface area contributed by atoms with Crippen LogP contribution in [0.15, 0.2) is 0 Å². The van der Waals surface area contributed by atoms with Crippen molar-refractivity contribution < 1.29 is 89.3 Å². The number of carbonyl (C=O) groups excluding carboxylic acids is 3. The first-order valence-electron chi connectivity index (χ1n) is 5.51. The van der Waals surface area contributed by atoms with Gasteiger partial charge in [0.1, 0.15) is 0 Å². The fourth-order valence-corrected chi connectivity index (χ4v) is 2.00. The Morgan fingerprint density at radius 1 is 0.480 bits per heavy atom. The normalized spacial score (nSPS) is 9.60. The fraction of sp³-hybridized carbons (Fsp3) is 0. The molecule has 0 saturated heterocycles. The number of rotatable bonds is 6. The van der Waals surface area contributed by atoms with Gasteiger partial charge in [-0.25, -0.2) is 14.4 Å². The van der Waals surface area contributed by atoms with E-state index in [0.717, 1.165) is 0 Å². The molecule has 0 unspecified atom stereocenters. The Hall–Kier alpha value is -2.95. The average molecular weight is 576 g/mol. The molecule has 131 valence electrons. The quantitative estimate of drug-likeness (QED) is 0.293. The smallest absolute Gasteiger partial charge is 0.337 e. The van der Waals surface area contributed by atoms with E-state index >= 15 is 0 Å². The molecule has 0 saturated carbocycles. The van der Waals surface area contributed by atoms with Gasteiger partial charge in [-0.05, 0) is 0 Å². The molecule has 0 aliphatic heterocycles. The first-order valence-corrected chi connectivity index (χ1v) is 5.51. The van der Waals surface area contributed by atoms with Gasteiger partial charge in [-0.3, -0.25) is 0 Å². The number of carboxylic acids is 6. The summed E-state index contributed by atoms with van der Waals surface area (Å²) in [6.45, 7) is 0. The van der Waals surface area contributed by atoms with Crippen LogP contribution in [0.4, 0.5) is 0 Å². The van der Waals surface area contributed by atoms with Crippen LogP contribution in [-0.4, -0.2) is 51.1 Å². The van der Waals surface area contributed by atoms with Crippen LogP contribution < -0.4 is 15.3 Å². The largest absolute Gasteiger partial charge is 0.545 e. The van der Waals surface area contributed by atoms with Crippen LogP contribution in [0.2, 0.25) is 0 Å². The van der Waals surface area contributed by atoms with Crippen molar-refractivity contribution in [3.63, 3.8) is 0 Å². The van der Waals surface area contributed by atoms with Crippen molar-refractivity contribution in [2.45, 2.75) is 0 Å². The number of hydrogen-bond acceptors (Lipinski definition) is 9. The van der Waals surface area contributed by atoms with Gasteiger partial charge >= 0.3 is 17.9 Å². The molecule has 0 bridgehead atoms. The second kappa shape index (κ2) is 7.75. The molecule has 1 aromatic rings. The van der Waals surface area contributed by atoms with Gasteiger partial charge in [-0.2, -0.15) is 0 Å². The molecule has 3 N–H and O–H groups in total. The molecule has 0 aliphatic carbocycles. The average Bonchev–Trinajstić information content (AvgIpc) is 2.42. The predicted octanol–water partition coefficient (Wildman–Crippen LogP) is -4.13. The molecule has 1 radical (unpaired) electrons. The van der Waals surface area contributed by atoms with Crippen LogP contribution in [-0.2, 0) is 0 Å². The fourth-order valence-electron chi connectivity index (χ4n) is 2.00. The van der Waals surface area contributed by atoms with E-state index in [-0.39, 0.29) is 29.9 Å². The summed E-state index contributed by atoms with van der Waals surface area (Å²) in [4.78, 5) is 66.7. The SMILES string of the molecule is O=C([O-])c1c(C(=O)[O-])c(C(=O)O)c(C(=O)O)c(C(=O)O)c1C(=O)[O-].[Np]. The van der Waals surface area contributed by atoms with Crippen molar-refractivity contribution in [3.05, 3.63) is 33.4 Å². The Morgan fingerprint density at radius 3 is 0.800 bits per heavy atom. The summed E-state index contributed by atoms with van der Waals surface area (Å²) >= 11 is 0. The van der Waals surface area contributed by atoms with Gasteiger partial charge < -0.3 is 45.0 Å². The van der Waals surface area contributed by atoms with Crippen molar-refractivity contribution in [1.82, 2.24) is 0 Å². The summed E-state index contributed by atoms with van der Waals surface area (Å²) in [6, 6.07) is 0. The Labute approximate surface area is 158 Å². The first kappa shape index (κ1) is 22.1. The van der Waals surface area contributed by atoms with Gasteiger partial charge in [0, 0.05) is 46.6 Å². The summed E-state index contributed by atoms with van der Waals surface area (Å²) < 4.78 is 0. The van der Waals surface area contributed by atoms with Crippen molar-refractivity contribution >= 4 is 35.8 Å². The summed E-state index contributed by atoms with van der Waals surface area (Å²) in [5.74, 6) is -14.8. The van der Waals surface area contributed by atoms with E-state index in [0.29, 0.717) is 0 Å². The zero-order valence-corrected chi connectivity index (χ0v) is 15.2. The Bertz CT molecular complexity index is 639. The zero-order chi connectivity index (χ0) is 18.9. The Balaban J connectivity index is 0.00000576. The molecule has 1 aromatic carbocycles. The van der Waals surface area contributed by atoms with Crippen LogP contribution in [0.3, 0.4) is 0 Å². The monoisotopic (exact) mass is 575 g/mol. The minimum absolute atomic E-state index is 0. The molecule has 0 aliphatic rings. The van der Waals surface area contributed by atoms with E-state index in [9.17, 15) is 44.1 Å². The molecule has 0 atom stereocenters. The van der Waals surface area contributed by atoms with Crippen LogP contribution in [0.5, 0.6) is 0 Å². The predicted molar refractivity (Wildman–Crippen MR) is 60.3 cm³/mol. The van der Waals surface area contributed by atoms with Crippen molar-refractivity contribution in [2.24, 2.45) is 0 Å². The van der Waals surface area contributed by atoms with E-state index in [1.807, 2.05) is 0 Å². The maximum absolute atomic E-state index is 11.2. The van der Waals surface area contributed by atoms with E-state index in [1.54, 1.807) is 0 Å². The molecule has 13 heteroatoms. The van der Waals surface area contributed by atoms with Gasteiger partial charge in [-0.1, -0.05) is 0 Å². The van der Waals surface area contributed by atoms with E-state index in [1.165, 1.54) is 0 Å². The number of benzene rings is 1. The Morgan fingerprint density at radius 2 is 0.640 bits per heavy atom. The van der Waals surface area contributed by atoms with Gasteiger partial charge in [0.2, 0.25) is 0 Å².